The third-order valence-electron chi connectivity index (χ3n) is 4.07. The summed E-state index contributed by atoms with van der Waals surface area (Å²) >= 11 is 6.92. The van der Waals surface area contributed by atoms with Crippen molar-refractivity contribution in [1.29, 1.82) is 0 Å². The number of hydrogen-bond donors (Lipinski definition) is 1. The summed E-state index contributed by atoms with van der Waals surface area (Å²) in [5.74, 6) is -2.00. The van der Waals surface area contributed by atoms with Crippen molar-refractivity contribution in [3.8, 4) is 0 Å². The predicted molar refractivity (Wildman–Crippen MR) is 85.9 cm³/mol. The Morgan fingerprint density at radius 2 is 2.00 bits per heavy atom. The Morgan fingerprint density at radius 3 is 2.57 bits per heavy atom. The van der Waals surface area contributed by atoms with Crippen LogP contribution in [0.3, 0.4) is 0 Å². The maximum Gasteiger partial charge on any atom is 0.308 e. The Balaban J connectivity index is 1.86. The number of hydrogen-bond acceptors (Lipinski definition) is 5. The molecule has 1 amide bonds. The van der Waals surface area contributed by atoms with E-state index in [2.05, 4.69) is 9.59 Å². The molecular weight excluding hydrogens is 338 g/mol. The molecule has 0 saturated carbocycles. The Morgan fingerprint density at radius 1 is 1.30 bits per heavy atom. The Kier molecular flexibility index (Phi) is 4.32. The van der Waals surface area contributed by atoms with E-state index < -0.39 is 11.9 Å². The van der Waals surface area contributed by atoms with Crippen LogP contribution in [0.25, 0.3) is 0 Å². The third-order valence-corrected chi connectivity index (χ3v) is 5.14. The molecule has 0 spiro atoms. The molecular formula is C15H14ClN3O3S. The van der Waals surface area contributed by atoms with Crippen LogP contribution in [0.15, 0.2) is 24.3 Å². The Bertz CT molecular complexity index is 747. The summed E-state index contributed by atoms with van der Waals surface area (Å²) < 4.78 is 3.77. The number of amides is 1. The maximum atomic E-state index is 12.6. The zero-order valence-electron chi connectivity index (χ0n) is 12.3. The van der Waals surface area contributed by atoms with Gasteiger partial charge in [0.05, 0.1) is 11.6 Å². The average Bonchev–Trinajstić information content (AvgIpc) is 3.14. The van der Waals surface area contributed by atoms with Gasteiger partial charge in [-0.1, -0.05) is 28.2 Å². The molecule has 1 aromatic carbocycles. The number of carbonyl (C=O) groups is 2. The smallest absolute Gasteiger partial charge is 0.308 e. The van der Waals surface area contributed by atoms with Crippen molar-refractivity contribution in [1.82, 2.24) is 14.5 Å². The minimum absolute atomic E-state index is 0.179. The van der Waals surface area contributed by atoms with E-state index >= 15 is 0 Å². The van der Waals surface area contributed by atoms with E-state index in [0.717, 1.165) is 17.1 Å². The van der Waals surface area contributed by atoms with Gasteiger partial charge in [-0.3, -0.25) is 9.59 Å². The fraction of sp³-hybridized carbons (Fsp3) is 0.333. The third kappa shape index (κ3) is 3.07. The van der Waals surface area contributed by atoms with Gasteiger partial charge in [0.1, 0.15) is 4.88 Å². The highest BCUT2D eigenvalue weighted by Gasteiger charge is 2.41. The molecule has 1 saturated heterocycles. The number of carbonyl (C=O) groups excluding carboxylic acids is 1. The lowest BCUT2D eigenvalue weighted by atomic mass is 9.89. The molecule has 1 aliphatic rings. The highest BCUT2D eigenvalue weighted by molar-refractivity contribution is 7.07. The number of nitrogens with zero attached hydrogens (tertiary/aromatic N) is 3. The first kappa shape index (κ1) is 15.9. The van der Waals surface area contributed by atoms with Crippen molar-refractivity contribution < 1.29 is 14.7 Å². The fourth-order valence-electron chi connectivity index (χ4n) is 2.84. The molecule has 0 radical (unpaired) electrons. The van der Waals surface area contributed by atoms with Crippen LogP contribution in [0.4, 0.5) is 0 Å². The first-order chi connectivity index (χ1) is 11.0. The van der Waals surface area contributed by atoms with E-state index in [9.17, 15) is 14.7 Å². The van der Waals surface area contributed by atoms with Gasteiger partial charge in [-0.25, -0.2) is 0 Å². The van der Waals surface area contributed by atoms with Crippen molar-refractivity contribution >= 4 is 35.0 Å². The molecule has 6 nitrogen and oxygen atoms in total. The molecule has 1 aliphatic heterocycles. The standard InChI is InChI=1S/C15H14ClN3O3S/c1-8-13(23-18-17-8)14(20)19-6-11(12(7-19)15(21)22)9-2-4-10(16)5-3-9/h2-5,11-12H,6-7H2,1H3,(H,21,22)/t11-,12+/m0/s1. The first-order valence-corrected chi connectivity index (χ1v) is 8.19. The second kappa shape index (κ2) is 6.25. The van der Waals surface area contributed by atoms with Gasteiger partial charge in [0.2, 0.25) is 0 Å². The van der Waals surface area contributed by atoms with Crippen LogP contribution in [0.1, 0.15) is 26.8 Å². The molecule has 1 aromatic heterocycles. The highest BCUT2D eigenvalue weighted by Crippen LogP contribution is 2.34. The summed E-state index contributed by atoms with van der Waals surface area (Å²) in [4.78, 5) is 26.2. The first-order valence-electron chi connectivity index (χ1n) is 7.04. The van der Waals surface area contributed by atoms with Crippen LogP contribution in [0.2, 0.25) is 5.02 Å². The largest absolute Gasteiger partial charge is 0.481 e. The van der Waals surface area contributed by atoms with Crippen LogP contribution >= 0.6 is 23.1 Å². The molecule has 0 bridgehead atoms. The summed E-state index contributed by atoms with van der Waals surface area (Å²) in [5.41, 5.74) is 1.44. The van der Waals surface area contributed by atoms with E-state index in [4.69, 9.17) is 11.6 Å². The molecule has 3 rings (SSSR count). The number of aromatic nitrogens is 2. The van der Waals surface area contributed by atoms with Gasteiger partial charge >= 0.3 is 5.97 Å². The molecule has 0 unspecified atom stereocenters. The molecule has 23 heavy (non-hydrogen) atoms. The van der Waals surface area contributed by atoms with Crippen LogP contribution in [0.5, 0.6) is 0 Å². The van der Waals surface area contributed by atoms with Crippen LogP contribution in [0, 0.1) is 12.8 Å². The number of carboxylic acids is 1. The number of likely N-dealkylation sites (tertiary alicyclic amines) is 1. The van der Waals surface area contributed by atoms with Gasteiger partial charge in [-0.15, -0.1) is 5.10 Å². The monoisotopic (exact) mass is 351 g/mol. The van der Waals surface area contributed by atoms with Gasteiger partial charge in [-0.05, 0) is 36.2 Å². The topological polar surface area (TPSA) is 83.4 Å². The SMILES string of the molecule is Cc1nnsc1C(=O)N1C[C@@H](C(=O)O)[C@H](c2ccc(Cl)cc2)C1. The van der Waals surface area contributed by atoms with Crippen molar-refractivity contribution in [3.05, 3.63) is 45.4 Å². The van der Waals surface area contributed by atoms with E-state index in [1.54, 1.807) is 24.0 Å². The van der Waals surface area contributed by atoms with Crippen molar-refractivity contribution in [2.75, 3.05) is 13.1 Å². The quantitative estimate of drug-likeness (QED) is 0.918. The summed E-state index contributed by atoms with van der Waals surface area (Å²) in [6.07, 6.45) is 0. The molecule has 1 fully saturated rings. The molecule has 8 heteroatoms. The molecule has 120 valence electrons. The van der Waals surface area contributed by atoms with Crippen LogP contribution in [-0.2, 0) is 4.79 Å². The second-order valence-corrected chi connectivity index (χ2v) is 6.69. The van der Waals surface area contributed by atoms with Gasteiger partial charge in [0.25, 0.3) is 5.91 Å². The number of carboxylic acid groups (broad SMARTS) is 1. The van der Waals surface area contributed by atoms with Crippen LogP contribution < -0.4 is 0 Å². The number of aliphatic carboxylic acids is 1. The molecule has 2 aromatic rings. The van der Waals surface area contributed by atoms with Gasteiger partial charge < -0.3 is 10.0 Å². The minimum Gasteiger partial charge on any atom is -0.481 e. The average molecular weight is 352 g/mol. The Hall–Kier alpha value is -1.99. The number of aryl methyl sites for hydroxylation is 1. The lowest BCUT2D eigenvalue weighted by Crippen LogP contribution is -2.29. The van der Waals surface area contributed by atoms with E-state index in [0.29, 0.717) is 22.1 Å². The molecule has 2 atom stereocenters. The van der Waals surface area contributed by atoms with Crippen molar-refractivity contribution in [3.63, 3.8) is 0 Å². The summed E-state index contributed by atoms with van der Waals surface area (Å²) in [5, 5.41) is 13.9. The van der Waals surface area contributed by atoms with Gasteiger partial charge in [0.15, 0.2) is 0 Å². The van der Waals surface area contributed by atoms with Crippen LogP contribution in [-0.4, -0.2) is 44.6 Å². The highest BCUT2D eigenvalue weighted by atomic mass is 35.5. The van der Waals surface area contributed by atoms with Gasteiger partial charge in [-0.2, -0.15) is 0 Å². The van der Waals surface area contributed by atoms with E-state index in [1.165, 1.54) is 0 Å². The summed E-state index contributed by atoms with van der Waals surface area (Å²) in [6.45, 7) is 2.26. The fourth-order valence-corrected chi connectivity index (χ4v) is 3.59. The number of rotatable bonds is 3. The zero-order valence-corrected chi connectivity index (χ0v) is 13.8. The lowest BCUT2D eigenvalue weighted by molar-refractivity contribution is -0.141. The lowest BCUT2D eigenvalue weighted by Gasteiger charge is -2.15. The molecule has 2 heterocycles. The normalized spacial score (nSPS) is 20.7. The van der Waals surface area contributed by atoms with Crippen molar-refractivity contribution in [2.45, 2.75) is 12.8 Å². The van der Waals surface area contributed by atoms with E-state index in [1.807, 2.05) is 12.1 Å². The van der Waals surface area contributed by atoms with Gasteiger partial charge in [0, 0.05) is 24.0 Å². The minimum atomic E-state index is -0.903. The zero-order chi connectivity index (χ0) is 16.6. The summed E-state index contributed by atoms with van der Waals surface area (Å²) in [6, 6.07) is 7.10. The predicted octanol–water partition coefficient (Wildman–Crippen LogP) is 2.44. The molecule has 1 N–H and O–H groups in total. The number of benzene rings is 1. The van der Waals surface area contributed by atoms with E-state index in [-0.39, 0.29) is 18.4 Å². The maximum absolute atomic E-state index is 12.6. The summed E-state index contributed by atoms with van der Waals surface area (Å²) in [7, 11) is 0. The molecule has 0 aliphatic carbocycles. The Labute approximate surface area is 141 Å². The number of halogens is 1. The van der Waals surface area contributed by atoms with Crippen molar-refractivity contribution in [2.24, 2.45) is 5.92 Å². The second-order valence-electron chi connectivity index (χ2n) is 5.50.